The van der Waals surface area contributed by atoms with Crippen molar-refractivity contribution in [2.75, 3.05) is 13.1 Å². The molecule has 0 aromatic heterocycles. The lowest BCUT2D eigenvalue weighted by atomic mass is 10.0. The number of hydrogen-bond acceptors (Lipinski definition) is 2. The van der Waals surface area contributed by atoms with E-state index in [1.54, 1.807) is 25.1 Å². The predicted octanol–water partition coefficient (Wildman–Crippen LogP) is 2.38. The molecule has 0 aliphatic rings. The van der Waals surface area contributed by atoms with Crippen molar-refractivity contribution in [3.8, 4) is 11.8 Å². The second kappa shape index (κ2) is 7.70. The van der Waals surface area contributed by atoms with E-state index in [9.17, 15) is 18.0 Å². The van der Waals surface area contributed by atoms with Crippen LogP contribution >= 0.6 is 0 Å². The number of benzene rings is 1. The summed E-state index contributed by atoms with van der Waals surface area (Å²) in [5, 5.41) is 2.48. The molecule has 1 aromatic rings. The molecule has 0 saturated carbocycles. The molecule has 3 nitrogen and oxygen atoms in total. The van der Waals surface area contributed by atoms with Crippen LogP contribution < -0.4 is 11.1 Å². The minimum absolute atomic E-state index is 0.0174. The molecular formula is C15H17F3N2O. The first-order valence-electron chi connectivity index (χ1n) is 6.48. The third-order valence-corrected chi connectivity index (χ3v) is 2.74. The Balaban J connectivity index is 2.65. The van der Waals surface area contributed by atoms with Gasteiger partial charge in [-0.05, 0) is 31.0 Å². The molecule has 0 heterocycles. The van der Waals surface area contributed by atoms with E-state index in [1.165, 1.54) is 0 Å². The van der Waals surface area contributed by atoms with Crippen LogP contribution in [0.15, 0.2) is 18.2 Å². The van der Waals surface area contributed by atoms with Crippen molar-refractivity contribution in [2.24, 2.45) is 5.73 Å². The van der Waals surface area contributed by atoms with Crippen molar-refractivity contribution in [1.29, 1.82) is 0 Å². The van der Waals surface area contributed by atoms with Crippen molar-refractivity contribution in [3.05, 3.63) is 34.9 Å². The second-order valence-electron chi connectivity index (χ2n) is 4.51. The zero-order chi connectivity index (χ0) is 15.9. The summed E-state index contributed by atoms with van der Waals surface area (Å²) in [7, 11) is 0. The summed E-state index contributed by atoms with van der Waals surface area (Å²) >= 11 is 0. The lowest BCUT2D eigenvalue weighted by Crippen LogP contribution is -2.26. The van der Waals surface area contributed by atoms with E-state index in [2.05, 4.69) is 17.2 Å². The molecule has 1 amide bonds. The van der Waals surface area contributed by atoms with Gasteiger partial charge in [0.1, 0.15) is 0 Å². The number of nitrogens with one attached hydrogen (secondary N) is 1. The van der Waals surface area contributed by atoms with E-state index in [0.717, 1.165) is 5.56 Å². The van der Waals surface area contributed by atoms with Gasteiger partial charge in [0.25, 0.3) is 5.91 Å². The van der Waals surface area contributed by atoms with Gasteiger partial charge in [-0.2, -0.15) is 13.2 Å². The lowest BCUT2D eigenvalue weighted by Gasteiger charge is -2.09. The molecule has 6 heteroatoms. The molecule has 21 heavy (non-hydrogen) atoms. The molecule has 1 aromatic carbocycles. The van der Waals surface area contributed by atoms with Crippen LogP contribution in [0.2, 0.25) is 0 Å². The summed E-state index contributed by atoms with van der Waals surface area (Å²) in [5.74, 6) is 5.09. The van der Waals surface area contributed by atoms with Crippen LogP contribution in [-0.4, -0.2) is 25.2 Å². The van der Waals surface area contributed by atoms with Gasteiger partial charge >= 0.3 is 6.18 Å². The van der Waals surface area contributed by atoms with E-state index in [-0.39, 0.29) is 19.5 Å². The first kappa shape index (κ1) is 17.1. The third kappa shape index (κ3) is 6.32. The number of amides is 1. The summed E-state index contributed by atoms with van der Waals surface area (Å²) in [5.41, 5.74) is 7.07. The number of nitrogens with two attached hydrogens (primary N) is 1. The van der Waals surface area contributed by atoms with Crippen LogP contribution in [-0.2, 0) is 0 Å². The normalized spacial score (nSPS) is 10.7. The quantitative estimate of drug-likeness (QED) is 0.662. The van der Waals surface area contributed by atoms with E-state index < -0.39 is 18.5 Å². The zero-order valence-corrected chi connectivity index (χ0v) is 11.7. The molecule has 0 fully saturated rings. The largest absolute Gasteiger partial charge is 0.389 e. The Kier molecular flexibility index (Phi) is 6.25. The Labute approximate surface area is 121 Å². The van der Waals surface area contributed by atoms with Gasteiger partial charge in [0.15, 0.2) is 0 Å². The van der Waals surface area contributed by atoms with Gasteiger partial charge in [-0.15, -0.1) is 0 Å². The number of aryl methyl sites for hydroxylation is 1. The average molecular weight is 298 g/mol. The fraction of sp³-hybridized carbons (Fsp3) is 0.400. The van der Waals surface area contributed by atoms with Crippen LogP contribution in [0, 0.1) is 18.8 Å². The summed E-state index contributed by atoms with van der Waals surface area (Å²) < 4.78 is 36.0. The Morgan fingerprint density at radius 1 is 1.38 bits per heavy atom. The minimum Gasteiger partial charge on any atom is -0.352 e. The minimum atomic E-state index is -4.20. The molecule has 1 rings (SSSR count). The van der Waals surface area contributed by atoms with Gasteiger partial charge in [-0.3, -0.25) is 4.79 Å². The molecule has 0 aliphatic carbocycles. The van der Waals surface area contributed by atoms with E-state index in [4.69, 9.17) is 5.73 Å². The standard InChI is InChI=1S/C15H17F3N2O/c1-11-5-6-12(4-2-8-19)10-13(11)14(21)20-9-3-7-15(16,17)18/h5-6,10H,3,7-9,19H2,1H3,(H,20,21). The molecule has 0 spiro atoms. The highest BCUT2D eigenvalue weighted by Gasteiger charge is 2.26. The number of hydrogen-bond donors (Lipinski definition) is 2. The monoisotopic (exact) mass is 298 g/mol. The lowest BCUT2D eigenvalue weighted by molar-refractivity contribution is -0.135. The smallest absolute Gasteiger partial charge is 0.352 e. The van der Waals surface area contributed by atoms with Crippen molar-refractivity contribution >= 4 is 5.91 Å². The number of rotatable bonds is 4. The molecule has 0 atom stereocenters. The molecule has 3 N–H and O–H groups in total. The van der Waals surface area contributed by atoms with E-state index in [1.807, 2.05) is 0 Å². The fourth-order valence-electron chi connectivity index (χ4n) is 1.68. The highest BCUT2D eigenvalue weighted by Crippen LogP contribution is 2.20. The van der Waals surface area contributed by atoms with E-state index in [0.29, 0.717) is 11.1 Å². The van der Waals surface area contributed by atoms with Crippen molar-refractivity contribution < 1.29 is 18.0 Å². The fourth-order valence-corrected chi connectivity index (χ4v) is 1.68. The van der Waals surface area contributed by atoms with Crippen LogP contribution in [0.1, 0.15) is 34.3 Å². The van der Waals surface area contributed by atoms with Crippen molar-refractivity contribution in [3.63, 3.8) is 0 Å². The Morgan fingerprint density at radius 3 is 2.71 bits per heavy atom. The van der Waals surface area contributed by atoms with Gasteiger partial charge in [-0.1, -0.05) is 17.9 Å². The Morgan fingerprint density at radius 2 is 2.10 bits per heavy atom. The number of halogens is 3. The number of carbonyl (C=O) groups excluding carboxylic acids is 1. The van der Waals surface area contributed by atoms with Gasteiger partial charge in [0, 0.05) is 24.1 Å². The molecule has 0 bridgehead atoms. The highest BCUT2D eigenvalue weighted by atomic mass is 19.4. The molecule has 0 aliphatic heterocycles. The molecule has 0 radical (unpaired) electrons. The summed E-state index contributed by atoms with van der Waals surface area (Å²) in [4.78, 5) is 12.0. The molecule has 0 unspecified atom stereocenters. The maximum atomic E-state index is 12.0. The highest BCUT2D eigenvalue weighted by molar-refractivity contribution is 5.96. The summed E-state index contributed by atoms with van der Waals surface area (Å²) in [6.45, 7) is 1.95. The zero-order valence-electron chi connectivity index (χ0n) is 11.7. The SMILES string of the molecule is Cc1ccc(C#CCN)cc1C(=O)NCCCC(F)(F)F. The van der Waals surface area contributed by atoms with Crippen LogP contribution in [0.4, 0.5) is 13.2 Å². The summed E-state index contributed by atoms with van der Waals surface area (Å²) in [6, 6.07) is 5.11. The number of carbonyl (C=O) groups is 1. The Bertz CT molecular complexity index is 556. The van der Waals surface area contributed by atoms with Gasteiger partial charge in [0.2, 0.25) is 0 Å². The van der Waals surface area contributed by atoms with Gasteiger partial charge in [-0.25, -0.2) is 0 Å². The predicted molar refractivity (Wildman–Crippen MR) is 74.7 cm³/mol. The molecular weight excluding hydrogens is 281 g/mol. The summed E-state index contributed by atoms with van der Waals surface area (Å²) in [6.07, 6.45) is -5.24. The van der Waals surface area contributed by atoms with Crippen LogP contribution in [0.3, 0.4) is 0 Å². The van der Waals surface area contributed by atoms with Crippen molar-refractivity contribution in [1.82, 2.24) is 5.32 Å². The molecule has 114 valence electrons. The van der Waals surface area contributed by atoms with Crippen molar-refractivity contribution in [2.45, 2.75) is 25.9 Å². The Hall–Kier alpha value is -2.00. The maximum absolute atomic E-state index is 12.0. The first-order chi connectivity index (χ1) is 9.83. The van der Waals surface area contributed by atoms with Crippen LogP contribution in [0.5, 0.6) is 0 Å². The van der Waals surface area contributed by atoms with E-state index >= 15 is 0 Å². The topological polar surface area (TPSA) is 55.1 Å². The van der Waals surface area contributed by atoms with Gasteiger partial charge in [0.05, 0.1) is 6.54 Å². The third-order valence-electron chi connectivity index (χ3n) is 2.74. The van der Waals surface area contributed by atoms with Crippen LogP contribution in [0.25, 0.3) is 0 Å². The molecule has 0 saturated heterocycles. The van der Waals surface area contributed by atoms with Gasteiger partial charge < -0.3 is 11.1 Å². The first-order valence-corrected chi connectivity index (χ1v) is 6.48. The second-order valence-corrected chi connectivity index (χ2v) is 4.51. The number of alkyl halides is 3. The average Bonchev–Trinajstić information content (AvgIpc) is 2.41. The maximum Gasteiger partial charge on any atom is 0.389 e.